The van der Waals surface area contributed by atoms with Gasteiger partial charge in [-0.1, -0.05) is 58.6 Å². The molecule has 2 fully saturated rings. The van der Waals surface area contributed by atoms with Crippen molar-refractivity contribution in [1.82, 2.24) is 15.1 Å². The number of likely N-dealkylation sites (tertiary alicyclic amines) is 1. The molecule has 37 heavy (non-hydrogen) atoms. The molecule has 1 aliphatic heterocycles. The second kappa shape index (κ2) is 13.3. The van der Waals surface area contributed by atoms with Gasteiger partial charge in [0.1, 0.15) is 17.9 Å². The van der Waals surface area contributed by atoms with Crippen molar-refractivity contribution in [2.24, 2.45) is 17.3 Å². The Morgan fingerprint density at radius 3 is 2.30 bits per heavy atom. The van der Waals surface area contributed by atoms with Crippen LogP contribution in [0.4, 0.5) is 0 Å². The summed E-state index contributed by atoms with van der Waals surface area (Å²) in [6, 6.07) is 6.77. The van der Waals surface area contributed by atoms with E-state index in [2.05, 4.69) is 5.32 Å². The van der Waals surface area contributed by atoms with Crippen molar-refractivity contribution in [3.63, 3.8) is 0 Å². The zero-order valence-electron chi connectivity index (χ0n) is 22.9. The number of ether oxygens (including phenoxy) is 1. The van der Waals surface area contributed by atoms with Gasteiger partial charge in [-0.05, 0) is 35.4 Å². The van der Waals surface area contributed by atoms with Crippen LogP contribution in [0, 0.1) is 17.3 Å². The summed E-state index contributed by atoms with van der Waals surface area (Å²) in [7, 11) is 1.70. The zero-order valence-corrected chi connectivity index (χ0v) is 22.9. The number of benzene rings is 1. The van der Waals surface area contributed by atoms with Gasteiger partial charge >= 0.3 is 0 Å². The molecule has 1 aromatic rings. The maximum atomic E-state index is 13.6. The number of amides is 3. The molecule has 2 N–H and O–H groups in total. The van der Waals surface area contributed by atoms with E-state index in [0.29, 0.717) is 38.4 Å². The summed E-state index contributed by atoms with van der Waals surface area (Å²) in [6.07, 6.45) is 7.59. The van der Waals surface area contributed by atoms with Gasteiger partial charge in [0.05, 0.1) is 12.5 Å². The molecule has 1 saturated heterocycles. The lowest BCUT2D eigenvalue weighted by atomic mass is 9.84. The lowest BCUT2D eigenvalue weighted by Crippen LogP contribution is -2.58. The first kappa shape index (κ1) is 29.0. The van der Waals surface area contributed by atoms with Gasteiger partial charge < -0.3 is 25.0 Å². The van der Waals surface area contributed by atoms with Gasteiger partial charge in [0, 0.05) is 39.5 Å². The van der Waals surface area contributed by atoms with Crippen molar-refractivity contribution in [3.8, 4) is 5.75 Å². The lowest BCUT2D eigenvalue weighted by molar-refractivity contribution is -0.142. The summed E-state index contributed by atoms with van der Waals surface area (Å²) in [6.45, 7) is 7.43. The fraction of sp³-hybridized carbons (Fsp3) is 0.690. The topological polar surface area (TPSA) is 99.2 Å². The van der Waals surface area contributed by atoms with Crippen molar-refractivity contribution >= 4 is 18.2 Å². The van der Waals surface area contributed by atoms with Crippen LogP contribution in [0.25, 0.3) is 0 Å². The van der Waals surface area contributed by atoms with Gasteiger partial charge in [0.25, 0.3) is 0 Å². The fourth-order valence-corrected chi connectivity index (χ4v) is 5.45. The average Bonchev–Trinajstić information content (AvgIpc) is 3.39. The number of hydrogen-bond donors (Lipinski definition) is 2. The average molecular weight is 516 g/mol. The largest absolute Gasteiger partial charge is 0.490 e. The number of carbonyl (C=O) groups is 3. The Morgan fingerprint density at radius 2 is 1.76 bits per heavy atom. The first-order valence-electron chi connectivity index (χ1n) is 13.7. The third-order valence-electron chi connectivity index (χ3n) is 7.71. The number of piperidine rings is 1. The second-order valence-electron chi connectivity index (χ2n) is 11.9. The zero-order chi connectivity index (χ0) is 27.0. The van der Waals surface area contributed by atoms with Crippen LogP contribution >= 0.6 is 0 Å². The van der Waals surface area contributed by atoms with Crippen LogP contribution < -0.4 is 10.1 Å². The number of aliphatic hydroxyl groups excluding tert-OH is 1. The fourth-order valence-electron chi connectivity index (χ4n) is 5.45. The smallest absolute Gasteiger partial charge is 0.245 e. The Morgan fingerprint density at radius 1 is 1.14 bits per heavy atom. The molecule has 206 valence electrons. The van der Waals surface area contributed by atoms with Crippen molar-refractivity contribution in [3.05, 3.63) is 29.8 Å². The van der Waals surface area contributed by atoms with Crippen LogP contribution in [0.1, 0.15) is 71.3 Å². The molecule has 1 saturated carbocycles. The Balaban J connectivity index is 1.60. The molecule has 0 unspecified atom stereocenters. The van der Waals surface area contributed by atoms with Gasteiger partial charge in [0.2, 0.25) is 18.2 Å². The number of rotatable bonds is 11. The number of carbonyl (C=O) groups excluding carboxylic acids is 3. The monoisotopic (exact) mass is 515 g/mol. The molecule has 3 amide bonds. The van der Waals surface area contributed by atoms with Crippen LogP contribution in [0.15, 0.2) is 24.3 Å². The minimum absolute atomic E-state index is 0.00137. The molecular weight excluding hydrogens is 470 g/mol. The third-order valence-corrected chi connectivity index (χ3v) is 7.71. The maximum Gasteiger partial charge on any atom is 0.245 e. The van der Waals surface area contributed by atoms with Gasteiger partial charge in [-0.15, -0.1) is 0 Å². The van der Waals surface area contributed by atoms with Crippen molar-refractivity contribution in [1.29, 1.82) is 0 Å². The minimum atomic E-state index is -0.642. The minimum Gasteiger partial charge on any atom is -0.490 e. The molecule has 0 aromatic heterocycles. The highest BCUT2D eigenvalue weighted by molar-refractivity contribution is 5.89. The normalized spacial score (nSPS) is 18.8. The van der Waals surface area contributed by atoms with E-state index in [0.717, 1.165) is 37.0 Å². The summed E-state index contributed by atoms with van der Waals surface area (Å²) in [5.41, 5.74) is 0.384. The first-order chi connectivity index (χ1) is 17.6. The SMILES string of the molecule is CN(C=O)C[C@@H](CC1CCCC1)C(=O)N[C@H](C(=O)N1CCC(Oc2ccc(CO)cc2)CC1)C(C)(C)C. The van der Waals surface area contributed by atoms with Crippen LogP contribution in [-0.4, -0.2) is 72.0 Å². The van der Waals surface area contributed by atoms with Gasteiger partial charge in [-0.3, -0.25) is 14.4 Å². The van der Waals surface area contributed by atoms with E-state index in [1.165, 1.54) is 17.7 Å². The quantitative estimate of drug-likeness (QED) is 0.440. The predicted molar refractivity (Wildman–Crippen MR) is 143 cm³/mol. The van der Waals surface area contributed by atoms with Gasteiger partial charge in [0.15, 0.2) is 0 Å². The highest BCUT2D eigenvalue weighted by atomic mass is 16.5. The molecule has 1 heterocycles. The van der Waals surface area contributed by atoms with Gasteiger partial charge in [-0.2, -0.15) is 0 Å². The molecule has 8 heteroatoms. The highest BCUT2D eigenvalue weighted by Gasteiger charge is 2.39. The van der Waals surface area contributed by atoms with Crippen molar-refractivity contribution in [2.45, 2.75) is 84.5 Å². The summed E-state index contributed by atoms with van der Waals surface area (Å²) >= 11 is 0. The first-order valence-corrected chi connectivity index (χ1v) is 13.7. The van der Waals surface area contributed by atoms with Crippen LogP contribution in [0.5, 0.6) is 5.75 Å². The summed E-state index contributed by atoms with van der Waals surface area (Å²) in [5.74, 6) is 0.731. The summed E-state index contributed by atoms with van der Waals surface area (Å²) < 4.78 is 6.09. The third kappa shape index (κ3) is 8.45. The molecule has 0 spiro atoms. The summed E-state index contributed by atoms with van der Waals surface area (Å²) in [4.78, 5) is 41.8. The summed E-state index contributed by atoms with van der Waals surface area (Å²) in [5, 5.41) is 12.3. The van der Waals surface area contributed by atoms with E-state index in [1.54, 1.807) is 7.05 Å². The predicted octanol–water partition coefficient (Wildman–Crippen LogP) is 3.36. The number of nitrogens with one attached hydrogen (secondary N) is 1. The van der Waals surface area contributed by atoms with E-state index >= 15 is 0 Å². The molecule has 8 nitrogen and oxygen atoms in total. The Kier molecular flexibility index (Phi) is 10.4. The van der Waals surface area contributed by atoms with Crippen LogP contribution in [-0.2, 0) is 21.0 Å². The number of nitrogens with zero attached hydrogens (tertiary/aromatic N) is 2. The Labute approximate surface area is 221 Å². The highest BCUT2D eigenvalue weighted by Crippen LogP contribution is 2.31. The van der Waals surface area contributed by atoms with E-state index in [4.69, 9.17) is 4.74 Å². The molecule has 0 radical (unpaired) electrons. The molecule has 2 aliphatic rings. The van der Waals surface area contributed by atoms with Crippen molar-refractivity contribution < 1.29 is 24.2 Å². The number of hydrogen-bond acceptors (Lipinski definition) is 5. The lowest BCUT2D eigenvalue weighted by Gasteiger charge is -2.39. The standard InChI is InChI=1S/C29H45N3O5/c1-29(2,3)26(30-27(35)23(18-31(4)20-34)17-21-7-5-6-8-21)28(36)32-15-13-25(14-16-32)37-24-11-9-22(19-33)10-12-24/h9-12,20-21,23,25-26,33H,5-8,13-19H2,1-4H3,(H,30,35)/t23-,26-/m1/s1. The van der Waals surface area contributed by atoms with Crippen LogP contribution in [0.3, 0.4) is 0 Å². The van der Waals surface area contributed by atoms with Crippen LogP contribution in [0.2, 0.25) is 0 Å². The molecule has 1 aliphatic carbocycles. The molecule has 3 rings (SSSR count). The van der Waals surface area contributed by atoms with Crippen molar-refractivity contribution in [2.75, 3.05) is 26.7 Å². The Bertz CT molecular complexity index is 884. The van der Waals surface area contributed by atoms with E-state index in [-0.39, 0.29) is 30.4 Å². The number of aliphatic hydroxyl groups is 1. The molecule has 1 aromatic carbocycles. The Hall–Kier alpha value is -2.61. The van der Waals surface area contributed by atoms with E-state index < -0.39 is 11.5 Å². The van der Waals surface area contributed by atoms with E-state index in [9.17, 15) is 19.5 Å². The van der Waals surface area contributed by atoms with Gasteiger partial charge in [-0.25, -0.2) is 0 Å². The molecular formula is C29H45N3O5. The van der Waals surface area contributed by atoms with E-state index in [1.807, 2.05) is 49.9 Å². The second-order valence-corrected chi connectivity index (χ2v) is 11.9. The maximum absolute atomic E-state index is 13.6. The molecule has 2 atom stereocenters. The molecule has 0 bridgehead atoms.